The Labute approximate surface area is 374 Å². The van der Waals surface area contributed by atoms with Gasteiger partial charge < -0.3 is 9.47 Å². The third kappa shape index (κ3) is 6.47. The van der Waals surface area contributed by atoms with Crippen LogP contribution in [0.3, 0.4) is 0 Å². The summed E-state index contributed by atoms with van der Waals surface area (Å²) in [4.78, 5) is 36.8. The van der Waals surface area contributed by atoms with Crippen LogP contribution in [-0.2, 0) is 6.42 Å². The molecule has 8 heterocycles. The fourth-order valence-electron chi connectivity index (χ4n) is 8.05. The Morgan fingerprint density at radius 2 is 1.03 bits per heavy atom. The monoisotopic (exact) mass is 924 g/mol. The minimum absolute atomic E-state index is 0.109. The van der Waals surface area contributed by atoms with Gasteiger partial charge in [-0.25, -0.2) is 0 Å². The largest absolute Gasteiger partial charge is 0.491 e. The highest BCUT2D eigenvalue weighted by Crippen LogP contribution is 2.55. The predicted molar refractivity (Wildman–Crippen MR) is 265 cm³/mol. The van der Waals surface area contributed by atoms with Crippen molar-refractivity contribution in [3.63, 3.8) is 0 Å². The van der Waals surface area contributed by atoms with Gasteiger partial charge in [-0.05, 0) is 113 Å². The summed E-state index contributed by atoms with van der Waals surface area (Å²) in [5.41, 5.74) is 2.72. The van der Waals surface area contributed by atoms with Crippen LogP contribution < -0.4 is 9.47 Å². The van der Waals surface area contributed by atoms with E-state index < -0.39 is 0 Å². The number of aryl methyl sites for hydroxylation is 4. The second-order valence-electron chi connectivity index (χ2n) is 15.2. The Balaban J connectivity index is 1.12. The number of rotatable bonds is 12. The molecule has 12 heteroatoms. The van der Waals surface area contributed by atoms with E-state index in [1.54, 1.807) is 70.5 Å². The Bertz CT molecular complexity index is 3220. The average molecular weight is 925 g/mol. The zero-order valence-electron chi connectivity index (χ0n) is 33.9. The van der Waals surface area contributed by atoms with Crippen molar-refractivity contribution in [2.75, 3.05) is 13.2 Å². The van der Waals surface area contributed by atoms with Gasteiger partial charge in [-0.2, -0.15) is 0 Å². The molecule has 0 saturated heterocycles. The minimum Gasteiger partial charge on any atom is -0.491 e. The lowest BCUT2D eigenvalue weighted by Crippen LogP contribution is -1.98. The molecule has 0 saturated carbocycles. The number of carbonyl (C=O) groups is 2. The second kappa shape index (κ2) is 15.2. The fraction of sp³-hybridized carbons (Fsp3) is 0.277. The molecule has 2 aromatic carbocycles. The second-order valence-corrected chi connectivity index (χ2v) is 24.1. The van der Waals surface area contributed by atoms with Gasteiger partial charge >= 0.3 is 0 Å². The topological polar surface area (TPSA) is 52.6 Å². The van der Waals surface area contributed by atoms with Crippen molar-refractivity contribution in [2.45, 2.75) is 74.7 Å². The quantitative estimate of drug-likeness (QED) is 0.115. The van der Waals surface area contributed by atoms with E-state index in [0.717, 1.165) is 60.7 Å². The van der Waals surface area contributed by atoms with Crippen molar-refractivity contribution < 1.29 is 19.1 Å². The van der Waals surface area contributed by atoms with Crippen molar-refractivity contribution >= 4 is 163 Å². The highest BCUT2D eigenvalue weighted by Gasteiger charge is 2.27. The molecule has 0 fully saturated rings. The zero-order chi connectivity index (χ0) is 41.0. The molecule has 0 bridgehead atoms. The maximum atomic E-state index is 12.8. The standard InChI is InChI=1S/C47H40O4S8/c1-9-11-50-38-31-14-26(54-42(31)39(51-12-10-2)32-19-37(59-43(32)38)46-44-29(25(8)53-46)17-33(55-44)23(6)48)15-35-30-18-34(24(7)49)56-45(30)47(57-35)36-16-28-22(5)40-27(13-20(3)52-40)21(4)41(28)58-36/h13-14,16-19H,9-12,15H2,1-8H3. The molecule has 0 aliphatic carbocycles. The molecule has 0 aliphatic rings. The van der Waals surface area contributed by atoms with E-state index in [-0.39, 0.29) is 11.6 Å². The Hall–Kier alpha value is -3.46. The van der Waals surface area contributed by atoms with Crippen molar-refractivity contribution in [3.8, 4) is 31.0 Å². The van der Waals surface area contributed by atoms with Crippen molar-refractivity contribution in [1.29, 1.82) is 0 Å². The van der Waals surface area contributed by atoms with Gasteiger partial charge in [0, 0.05) is 66.6 Å². The number of hydrogen-bond donors (Lipinski definition) is 0. The first kappa shape index (κ1) is 39.7. The highest BCUT2D eigenvalue weighted by atomic mass is 32.1. The van der Waals surface area contributed by atoms with Crippen molar-refractivity contribution in [2.24, 2.45) is 0 Å². The van der Waals surface area contributed by atoms with E-state index >= 15 is 0 Å². The number of fused-ring (bicyclic) bond motifs is 6. The number of carbonyl (C=O) groups excluding carboxylic acids is 2. The van der Waals surface area contributed by atoms with Gasteiger partial charge in [-0.1, -0.05) is 13.8 Å². The first-order valence-corrected chi connectivity index (χ1v) is 26.3. The number of benzene rings is 2. The Morgan fingerprint density at radius 3 is 1.68 bits per heavy atom. The summed E-state index contributed by atoms with van der Waals surface area (Å²) in [6.07, 6.45) is 2.57. The average Bonchev–Trinajstić information content (AvgIpc) is 4.05. The van der Waals surface area contributed by atoms with E-state index in [1.807, 2.05) is 34.0 Å². The minimum atomic E-state index is 0.109. The number of thiophene rings is 8. The zero-order valence-corrected chi connectivity index (χ0v) is 40.4. The predicted octanol–water partition coefficient (Wildman–Crippen LogP) is 17.2. The third-order valence-electron chi connectivity index (χ3n) is 10.9. The smallest absolute Gasteiger partial charge is 0.169 e. The van der Waals surface area contributed by atoms with Crippen LogP contribution in [0, 0.1) is 27.7 Å². The van der Waals surface area contributed by atoms with Crippen LogP contribution in [0.15, 0.2) is 36.4 Å². The van der Waals surface area contributed by atoms with E-state index in [9.17, 15) is 9.59 Å². The highest BCUT2D eigenvalue weighted by molar-refractivity contribution is 7.32. The molecule has 8 aromatic heterocycles. The molecule has 0 spiro atoms. The first-order valence-electron chi connectivity index (χ1n) is 19.7. The summed E-state index contributed by atoms with van der Waals surface area (Å²) in [6, 6.07) is 13.6. The fourth-order valence-corrected chi connectivity index (χ4v) is 18.1. The number of ether oxygens (including phenoxy) is 2. The first-order chi connectivity index (χ1) is 28.4. The van der Waals surface area contributed by atoms with Crippen LogP contribution >= 0.6 is 90.7 Å². The summed E-state index contributed by atoms with van der Waals surface area (Å²) >= 11 is 14.3. The maximum Gasteiger partial charge on any atom is 0.169 e. The van der Waals surface area contributed by atoms with E-state index in [0.29, 0.717) is 13.2 Å². The van der Waals surface area contributed by atoms with Gasteiger partial charge in [-0.15, -0.1) is 90.7 Å². The lowest BCUT2D eigenvalue weighted by atomic mass is 10.0. The summed E-state index contributed by atoms with van der Waals surface area (Å²) in [6.45, 7) is 17.8. The summed E-state index contributed by atoms with van der Waals surface area (Å²) in [7, 11) is 0. The maximum absolute atomic E-state index is 12.8. The van der Waals surface area contributed by atoms with E-state index in [4.69, 9.17) is 9.47 Å². The van der Waals surface area contributed by atoms with E-state index in [1.165, 1.54) is 90.5 Å². The molecule has 0 atom stereocenters. The molecule has 0 aliphatic heterocycles. The number of Topliss-reactive ketones (excluding diaryl/α,β-unsaturated/α-hetero) is 2. The lowest BCUT2D eigenvalue weighted by molar-refractivity contribution is 0.101. The normalized spacial score (nSPS) is 12.2. The molecular weight excluding hydrogens is 885 g/mol. The van der Waals surface area contributed by atoms with Crippen molar-refractivity contribution in [1.82, 2.24) is 0 Å². The van der Waals surface area contributed by atoms with Gasteiger partial charge in [0.05, 0.1) is 51.5 Å². The summed E-state index contributed by atoms with van der Waals surface area (Å²) < 4.78 is 20.8. The molecule has 10 rings (SSSR count). The molecule has 0 amide bonds. The summed E-state index contributed by atoms with van der Waals surface area (Å²) in [5.74, 6) is 2.08. The Morgan fingerprint density at radius 1 is 0.508 bits per heavy atom. The van der Waals surface area contributed by atoms with Gasteiger partial charge in [0.15, 0.2) is 11.6 Å². The molecule has 0 N–H and O–H groups in total. The van der Waals surface area contributed by atoms with Crippen LogP contribution in [0.1, 0.15) is 90.5 Å². The van der Waals surface area contributed by atoms with Crippen LogP contribution in [-0.4, -0.2) is 24.8 Å². The van der Waals surface area contributed by atoms with Crippen LogP contribution in [0.4, 0.5) is 0 Å². The molecule has 4 nitrogen and oxygen atoms in total. The van der Waals surface area contributed by atoms with Gasteiger partial charge in [0.2, 0.25) is 0 Å². The molecular formula is C47H40O4S8. The number of hydrogen-bond acceptors (Lipinski definition) is 12. The lowest BCUT2D eigenvalue weighted by Gasteiger charge is -2.12. The van der Waals surface area contributed by atoms with Gasteiger partial charge in [0.1, 0.15) is 11.5 Å². The molecule has 10 aromatic rings. The van der Waals surface area contributed by atoms with Gasteiger partial charge in [0.25, 0.3) is 0 Å². The van der Waals surface area contributed by atoms with Crippen molar-refractivity contribution in [3.05, 3.63) is 76.8 Å². The van der Waals surface area contributed by atoms with Crippen LogP contribution in [0.2, 0.25) is 0 Å². The summed E-state index contributed by atoms with van der Waals surface area (Å²) in [5, 5.41) is 7.25. The Kier molecular flexibility index (Phi) is 10.2. The SMILES string of the molecule is CCCOc1c2cc(-c3sc(C)c4cc(C(C)=O)sc34)sc2c(OCCC)c2cc(Cc3sc(-c4cc5c(C)c6sc(C)cc6c(C)c5s4)c4sc(C(C)=O)cc34)sc12. The third-order valence-corrected chi connectivity index (χ3v) is 21.1. The van der Waals surface area contributed by atoms with E-state index in [2.05, 4.69) is 77.9 Å². The van der Waals surface area contributed by atoms with Crippen LogP contribution in [0.5, 0.6) is 11.5 Å². The molecule has 300 valence electrons. The molecule has 0 radical (unpaired) electrons. The van der Waals surface area contributed by atoms with Crippen LogP contribution in [0.25, 0.3) is 80.0 Å². The van der Waals surface area contributed by atoms with Gasteiger partial charge in [-0.3, -0.25) is 9.59 Å². The molecule has 59 heavy (non-hydrogen) atoms. The number of ketones is 2. The molecule has 0 unspecified atom stereocenters.